The van der Waals surface area contributed by atoms with Gasteiger partial charge in [-0.15, -0.1) is 0 Å². The van der Waals surface area contributed by atoms with Crippen LogP contribution >= 0.6 is 7.82 Å². The number of carbonyl (C=O) groups excluding carboxylic acids is 2. The molecule has 0 aromatic rings. The molecule has 84 heavy (non-hydrogen) atoms. The number of phosphoric acid groups is 1. The van der Waals surface area contributed by atoms with Gasteiger partial charge in [0.05, 0.1) is 33.8 Å². The molecule has 0 aliphatic rings. The van der Waals surface area contributed by atoms with E-state index in [-0.39, 0.29) is 25.1 Å². The summed E-state index contributed by atoms with van der Waals surface area (Å²) in [7, 11) is 1.51. The molecular formula is C74H144N2O7P+. The largest absolute Gasteiger partial charge is 0.472 e. The Labute approximate surface area is 523 Å². The number of nitrogens with zero attached hydrogens (tertiary/aromatic N) is 1. The molecular weight excluding hydrogens is 1060 g/mol. The Morgan fingerprint density at radius 1 is 0.405 bits per heavy atom. The Hall–Kier alpha value is -1.77. The normalized spacial score (nSPS) is 13.7. The second-order valence-corrected chi connectivity index (χ2v) is 27.9. The average Bonchev–Trinajstić information content (AvgIpc) is 3.64. The van der Waals surface area contributed by atoms with Gasteiger partial charge in [0.15, 0.2) is 0 Å². The van der Waals surface area contributed by atoms with E-state index in [1.807, 2.05) is 33.3 Å². The van der Waals surface area contributed by atoms with Gasteiger partial charge in [0.1, 0.15) is 19.3 Å². The van der Waals surface area contributed by atoms with Crippen LogP contribution in [0.3, 0.4) is 0 Å². The molecule has 0 saturated heterocycles. The highest BCUT2D eigenvalue weighted by atomic mass is 31.2. The highest BCUT2D eigenvalue weighted by Gasteiger charge is 2.30. The number of esters is 1. The molecule has 0 aromatic carbocycles. The molecule has 0 aliphatic carbocycles. The molecule has 10 heteroatoms. The zero-order valence-corrected chi connectivity index (χ0v) is 57.8. The van der Waals surface area contributed by atoms with Crippen LogP contribution in [0.15, 0.2) is 36.5 Å². The molecule has 0 aromatic heterocycles. The van der Waals surface area contributed by atoms with Crippen molar-refractivity contribution in [3.63, 3.8) is 0 Å². The van der Waals surface area contributed by atoms with Crippen LogP contribution in [0.25, 0.3) is 0 Å². The van der Waals surface area contributed by atoms with E-state index >= 15 is 0 Å². The Morgan fingerprint density at radius 2 is 0.690 bits per heavy atom. The van der Waals surface area contributed by atoms with Crippen molar-refractivity contribution in [3.8, 4) is 0 Å². The quantitative estimate of drug-likeness (QED) is 0.0205. The minimum absolute atomic E-state index is 0.0428. The zero-order valence-electron chi connectivity index (χ0n) is 56.9. The first-order chi connectivity index (χ1) is 40.9. The van der Waals surface area contributed by atoms with Gasteiger partial charge in [-0.3, -0.25) is 18.6 Å². The zero-order chi connectivity index (χ0) is 61.4. The van der Waals surface area contributed by atoms with Crippen molar-refractivity contribution in [2.24, 2.45) is 0 Å². The van der Waals surface area contributed by atoms with Gasteiger partial charge in [-0.25, -0.2) is 4.57 Å². The fourth-order valence-corrected chi connectivity index (χ4v) is 11.8. The number of amides is 1. The van der Waals surface area contributed by atoms with E-state index in [2.05, 4.69) is 50.4 Å². The van der Waals surface area contributed by atoms with Gasteiger partial charge in [0.2, 0.25) is 5.91 Å². The number of hydrogen-bond acceptors (Lipinski definition) is 6. The topological polar surface area (TPSA) is 111 Å². The maximum Gasteiger partial charge on any atom is 0.472 e. The summed E-state index contributed by atoms with van der Waals surface area (Å²) in [5.41, 5.74) is 0. The van der Waals surface area contributed by atoms with Crippen LogP contribution in [0.4, 0.5) is 0 Å². The molecule has 0 rings (SSSR count). The summed E-state index contributed by atoms with van der Waals surface area (Å²) in [6.07, 6.45) is 80.2. The van der Waals surface area contributed by atoms with Gasteiger partial charge in [0.25, 0.3) is 0 Å². The van der Waals surface area contributed by atoms with E-state index in [0.717, 1.165) is 57.8 Å². The standard InChI is InChI=1S/C74H143N2O7P/c1-7-10-13-16-19-22-25-28-30-32-34-35-36-37-38-39-40-41-43-44-46-48-51-54-57-60-63-66-73(77)75-71(70-82-84(79,80)81-69-68-76(4,5)6)72(65-62-59-56-53-50-27-24-21-18-15-12-9-3)83-74(78)67-64-61-58-55-52-49-47-45-42-33-31-29-26-23-20-17-14-11-8-2/h28-31,62,65,71-72H,7-27,32-61,63-64,66-70H2,1-6H3,(H-,75,77,79,80)/p+1/b30-28+,31-29+,65-62-. The fraction of sp³-hybridized carbons (Fsp3) is 0.892. The number of hydrogen-bond donors (Lipinski definition) is 2. The van der Waals surface area contributed by atoms with E-state index in [4.69, 9.17) is 13.8 Å². The summed E-state index contributed by atoms with van der Waals surface area (Å²) < 4.78 is 30.9. The van der Waals surface area contributed by atoms with Gasteiger partial charge >= 0.3 is 13.8 Å². The number of allylic oxidation sites excluding steroid dienone is 5. The summed E-state index contributed by atoms with van der Waals surface area (Å²) in [6.45, 7) is 7.06. The van der Waals surface area contributed by atoms with Crippen molar-refractivity contribution < 1.29 is 37.3 Å². The van der Waals surface area contributed by atoms with Gasteiger partial charge < -0.3 is 19.4 Å². The maximum atomic E-state index is 13.6. The minimum Gasteiger partial charge on any atom is -0.456 e. The van der Waals surface area contributed by atoms with E-state index in [1.165, 1.54) is 283 Å². The van der Waals surface area contributed by atoms with Crippen molar-refractivity contribution in [1.82, 2.24) is 5.32 Å². The Morgan fingerprint density at radius 3 is 1.01 bits per heavy atom. The average molecular weight is 1200 g/mol. The minimum atomic E-state index is -4.45. The second-order valence-electron chi connectivity index (χ2n) is 26.5. The van der Waals surface area contributed by atoms with Crippen LogP contribution in [0.1, 0.15) is 374 Å². The third-order valence-corrected chi connectivity index (χ3v) is 17.8. The van der Waals surface area contributed by atoms with Crippen molar-refractivity contribution >= 4 is 19.7 Å². The lowest BCUT2D eigenvalue weighted by atomic mass is 10.0. The van der Waals surface area contributed by atoms with Gasteiger partial charge in [-0.05, 0) is 83.1 Å². The molecule has 9 nitrogen and oxygen atoms in total. The highest BCUT2D eigenvalue weighted by molar-refractivity contribution is 7.47. The van der Waals surface area contributed by atoms with Crippen LogP contribution < -0.4 is 5.32 Å². The fourth-order valence-electron chi connectivity index (χ4n) is 11.1. The summed E-state index contributed by atoms with van der Waals surface area (Å²) in [6, 6.07) is -0.846. The van der Waals surface area contributed by atoms with Gasteiger partial charge in [-0.1, -0.05) is 314 Å². The number of unbranched alkanes of at least 4 members (excludes halogenated alkanes) is 48. The predicted octanol–water partition coefficient (Wildman–Crippen LogP) is 23.4. The molecule has 0 bridgehead atoms. The summed E-state index contributed by atoms with van der Waals surface area (Å²) in [5, 5.41) is 3.08. The molecule has 0 spiro atoms. The SMILES string of the molecule is CCCCCCCC/C=C/CCCCCCCCCCCCCCCCCCCC(=O)NC(COP(=O)(O)OCC[N+](C)(C)C)C(/C=C\CCCCCCCCCCCC)OC(=O)CCCCCCCCCCC/C=C/CCCCCCCC. The van der Waals surface area contributed by atoms with Crippen LogP contribution in [0, 0.1) is 0 Å². The van der Waals surface area contributed by atoms with Crippen LogP contribution in [0.5, 0.6) is 0 Å². The maximum absolute atomic E-state index is 13.6. The molecule has 1 amide bonds. The number of phosphoric ester groups is 1. The number of likely N-dealkylation sites (N-methyl/N-ethyl adjacent to an activating group) is 1. The van der Waals surface area contributed by atoms with E-state index in [0.29, 0.717) is 23.9 Å². The lowest BCUT2D eigenvalue weighted by Gasteiger charge is -2.27. The monoisotopic (exact) mass is 1200 g/mol. The Bertz CT molecular complexity index is 1530. The third-order valence-electron chi connectivity index (χ3n) is 16.8. The van der Waals surface area contributed by atoms with Crippen molar-refractivity contribution in [3.05, 3.63) is 36.5 Å². The van der Waals surface area contributed by atoms with Crippen LogP contribution in [-0.4, -0.2) is 74.3 Å². The molecule has 0 aliphatic heterocycles. The first kappa shape index (κ1) is 82.2. The number of rotatable bonds is 68. The summed E-state index contributed by atoms with van der Waals surface area (Å²) in [5.74, 6) is -0.487. The molecule has 3 atom stereocenters. The molecule has 3 unspecified atom stereocenters. The second kappa shape index (κ2) is 64.2. The van der Waals surface area contributed by atoms with E-state index in [9.17, 15) is 19.0 Å². The molecule has 496 valence electrons. The van der Waals surface area contributed by atoms with Gasteiger partial charge in [-0.2, -0.15) is 0 Å². The molecule has 0 radical (unpaired) electrons. The molecule has 0 saturated carbocycles. The molecule has 2 N–H and O–H groups in total. The summed E-state index contributed by atoms with van der Waals surface area (Å²) >= 11 is 0. The Balaban J connectivity index is 4.97. The van der Waals surface area contributed by atoms with Crippen molar-refractivity contribution in [2.45, 2.75) is 386 Å². The number of ether oxygens (including phenoxy) is 1. The number of carbonyl (C=O) groups is 2. The van der Waals surface area contributed by atoms with Crippen LogP contribution in [0.2, 0.25) is 0 Å². The number of nitrogens with one attached hydrogen (secondary N) is 1. The van der Waals surface area contributed by atoms with Crippen molar-refractivity contribution in [2.75, 3.05) is 40.9 Å². The third kappa shape index (κ3) is 64.7. The summed E-state index contributed by atoms with van der Waals surface area (Å²) in [4.78, 5) is 37.9. The lowest BCUT2D eigenvalue weighted by Crippen LogP contribution is -2.47. The first-order valence-corrected chi connectivity index (χ1v) is 38.3. The van der Waals surface area contributed by atoms with Crippen LogP contribution in [-0.2, 0) is 27.9 Å². The van der Waals surface area contributed by atoms with Crippen molar-refractivity contribution in [1.29, 1.82) is 0 Å². The predicted molar refractivity (Wildman–Crippen MR) is 365 cm³/mol. The Kier molecular flexibility index (Phi) is 62.9. The van der Waals surface area contributed by atoms with E-state index < -0.39 is 20.0 Å². The molecule has 0 heterocycles. The number of quaternary nitrogens is 1. The first-order valence-electron chi connectivity index (χ1n) is 36.8. The lowest BCUT2D eigenvalue weighted by molar-refractivity contribution is -0.870. The van der Waals surface area contributed by atoms with E-state index in [1.54, 1.807) is 0 Å². The highest BCUT2D eigenvalue weighted by Crippen LogP contribution is 2.43. The van der Waals surface area contributed by atoms with Gasteiger partial charge in [0, 0.05) is 12.8 Å². The smallest absolute Gasteiger partial charge is 0.456 e. The molecule has 0 fully saturated rings.